The van der Waals surface area contributed by atoms with E-state index in [1.807, 2.05) is 37.4 Å². The molecule has 1 saturated heterocycles. The van der Waals surface area contributed by atoms with Crippen LogP contribution in [0.2, 0.25) is 0 Å². The second-order valence-corrected chi connectivity index (χ2v) is 7.52. The van der Waals surface area contributed by atoms with Crippen LogP contribution >= 0.6 is 0 Å². The minimum absolute atomic E-state index is 0.00925. The molecular formula is C22H21N2O4+. The summed E-state index contributed by atoms with van der Waals surface area (Å²) in [4.78, 5) is 23.1. The standard InChI is InChI=1S/C22H20N2O4/c1-24(21-19-6-3-2-5-16(19)7-12-20(21)26)14-4-13-22(24,15-25)17-8-10-18(11-9-17)23(27)28/h2-3,5-12,15H,4,13-14H2,1H3/p+1. The molecule has 0 aliphatic carbocycles. The maximum atomic E-state index is 12.6. The van der Waals surface area contributed by atoms with Gasteiger partial charge in [0.2, 0.25) is 0 Å². The zero-order chi connectivity index (χ0) is 19.9. The number of hydrogen-bond donors (Lipinski definition) is 1. The summed E-state index contributed by atoms with van der Waals surface area (Å²) in [5.41, 5.74) is 0.503. The fraction of sp³-hybridized carbons (Fsp3) is 0.227. The molecule has 1 aliphatic rings. The van der Waals surface area contributed by atoms with Crippen LogP contribution in [0.3, 0.4) is 0 Å². The van der Waals surface area contributed by atoms with Gasteiger partial charge in [0.05, 0.1) is 18.5 Å². The SMILES string of the molecule is C[N+]1(c2c(O)ccc3ccccc23)CCCC1(C=O)c1ccc([N+](=O)[O-])cc1. The second kappa shape index (κ2) is 6.42. The third kappa shape index (κ3) is 2.42. The lowest BCUT2D eigenvalue weighted by atomic mass is 9.85. The molecule has 0 aromatic heterocycles. The first-order valence-electron chi connectivity index (χ1n) is 9.21. The largest absolute Gasteiger partial charge is 0.503 e. The van der Waals surface area contributed by atoms with E-state index in [1.165, 1.54) is 12.1 Å². The van der Waals surface area contributed by atoms with Crippen LogP contribution in [0, 0.1) is 10.1 Å². The molecule has 4 rings (SSSR count). The summed E-state index contributed by atoms with van der Waals surface area (Å²) in [6, 6.07) is 17.5. The average molecular weight is 377 g/mol. The highest BCUT2D eigenvalue weighted by Crippen LogP contribution is 2.51. The highest BCUT2D eigenvalue weighted by molar-refractivity contribution is 5.97. The smallest absolute Gasteiger partial charge is 0.269 e. The minimum atomic E-state index is -0.920. The molecule has 1 heterocycles. The summed E-state index contributed by atoms with van der Waals surface area (Å²) in [5.74, 6) is 0.149. The zero-order valence-corrected chi connectivity index (χ0v) is 15.5. The number of hydrogen-bond acceptors (Lipinski definition) is 4. The van der Waals surface area contributed by atoms with E-state index in [9.17, 15) is 20.0 Å². The van der Waals surface area contributed by atoms with Gasteiger partial charge in [0.25, 0.3) is 5.69 Å². The van der Waals surface area contributed by atoms with Gasteiger partial charge in [-0.2, -0.15) is 0 Å². The van der Waals surface area contributed by atoms with Crippen LogP contribution < -0.4 is 4.48 Å². The van der Waals surface area contributed by atoms with Gasteiger partial charge in [-0.25, -0.2) is 0 Å². The van der Waals surface area contributed by atoms with Crippen molar-refractivity contribution in [3.63, 3.8) is 0 Å². The molecule has 0 spiro atoms. The Bertz CT molecular complexity index is 1080. The van der Waals surface area contributed by atoms with Gasteiger partial charge in [0.1, 0.15) is 0 Å². The topological polar surface area (TPSA) is 80.4 Å². The van der Waals surface area contributed by atoms with Gasteiger partial charge in [-0.3, -0.25) is 19.4 Å². The lowest BCUT2D eigenvalue weighted by molar-refractivity contribution is -0.384. The predicted octanol–water partition coefficient (Wildman–Crippen LogP) is 4.28. The van der Waals surface area contributed by atoms with Crippen LogP contribution in [0.4, 0.5) is 11.4 Å². The Morgan fingerprint density at radius 2 is 1.82 bits per heavy atom. The highest BCUT2D eigenvalue weighted by atomic mass is 16.6. The van der Waals surface area contributed by atoms with E-state index >= 15 is 0 Å². The van der Waals surface area contributed by atoms with Crippen molar-refractivity contribution in [2.45, 2.75) is 18.4 Å². The first kappa shape index (κ1) is 18.1. The van der Waals surface area contributed by atoms with E-state index in [4.69, 9.17) is 0 Å². The number of nitro benzene ring substituents is 1. The van der Waals surface area contributed by atoms with Gasteiger partial charge in [-0.15, -0.1) is 0 Å². The Hall–Kier alpha value is -3.25. The molecule has 0 saturated carbocycles. The van der Waals surface area contributed by atoms with Gasteiger partial charge in [-0.1, -0.05) is 24.3 Å². The van der Waals surface area contributed by atoms with E-state index in [0.29, 0.717) is 18.7 Å². The van der Waals surface area contributed by atoms with Gasteiger partial charge < -0.3 is 5.11 Å². The molecule has 0 radical (unpaired) electrons. The van der Waals surface area contributed by atoms with Crippen LogP contribution in [0.25, 0.3) is 10.8 Å². The number of carbonyl (C=O) groups is 1. The summed E-state index contributed by atoms with van der Waals surface area (Å²) in [7, 11) is 1.96. The summed E-state index contributed by atoms with van der Waals surface area (Å²) in [5, 5.41) is 23.7. The molecule has 1 fully saturated rings. The molecule has 28 heavy (non-hydrogen) atoms. The molecule has 3 aromatic rings. The quantitative estimate of drug-likeness (QED) is 0.318. The highest BCUT2D eigenvalue weighted by Gasteiger charge is 2.56. The lowest BCUT2D eigenvalue weighted by Gasteiger charge is -2.43. The van der Waals surface area contributed by atoms with Crippen molar-refractivity contribution in [2.24, 2.45) is 0 Å². The third-order valence-electron chi connectivity index (χ3n) is 6.19. The summed E-state index contributed by atoms with van der Waals surface area (Å²) in [6.07, 6.45) is 2.35. The molecule has 0 bridgehead atoms. The lowest BCUT2D eigenvalue weighted by Crippen LogP contribution is -2.58. The Kier molecular flexibility index (Phi) is 4.16. The number of benzene rings is 3. The Morgan fingerprint density at radius 1 is 1.11 bits per heavy atom. The number of quaternary nitrogens is 1. The number of nitro groups is 1. The Labute approximate surface area is 162 Å². The zero-order valence-electron chi connectivity index (χ0n) is 15.5. The maximum Gasteiger partial charge on any atom is 0.269 e. The molecule has 3 aromatic carbocycles. The minimum Gasteiger partial charge on any atom is -0.503 e. The number of aldehydes is 1. The fourth-order valence-corrected chi connectivity index (χ4v) is 4.73. The van der Waals surface area contributed by atoms with Crippen LogP contribution in [0.1, 0.15) is 18.4 Å². The fourth-order valence-electron chi connectivity index (χ4n) is 4.73. The molecule has 0 amide bonds. The van der Waals surface area contributed by atoms with Crippen molar-refractivity contribution in [3.8, 4) is 5.75 Å². The van der Waals surface area contributed by atoms with E-state index < -0.39 is 10.5 Å². The summed E-state index contributed by atoms with van der Waals surface area (Å²) >= 11 is 0. The van der Waals surface area contributed by atoms with Crippen molar-refractivity contribution in [2.75, 3.05) is 13.6 Å². The third-order valence-corrected chi connectivity index (χ3v) is 6.19. The molecule has 2 unspecified atom stereocenters. The normalized spacial score (nSPS) is 24.3. The molecule has 6 nitrogen and oxygen atoms in total. The Balaban J connectivity index is 1.96. The van der Waals surface area contributed by atoms with Crippen LogP contribution in [0.5, 0.6) is 5.75 Å². The molecule has 142 valence electrons. The summed E-state index contributed by atoms with van der Waals surface area (Å²) < 4.78 is 0.224. The van der Waals surface area contributed by atoms with Gasteiger partial charge >= 0.3 is 0 Å². The molecule has 1 N–H and O–H groups in total. The number of fused-ring (bicyclic) bond motifs is 1. The number of phenols is 1. The molecule has 6 heteroatoms. The second-order valence-electron chi connectivity index (χ2n) is 7.52. The number of likely N-dealkylation sites (tertiary alicyclic amines) is 1. The monoisotopic (exact) mass is 377 g/mol. The molecule has 2 atom stereocenters. The maximum absolute atomic E-state index is 12.6. The number of likely N-dealkylation sites (N-methyl/N-ethyl adjacent to an activating group) is 1. The van der Waals surface area contributed by atoms with Gasteiger partial charge in [0.15, 0.2) is 23.3 Å². The van der Waals surface area contributed by atoms with Gasteiger partial charge in [-0.05, 0) is 29.7 Å². The van der Waals surface area contributed by atoms with Crippen LogP contribution in [-0.2, 0) is 10.3 Å². The first-order valence-corrected chi connectivity index (χ1v) is 9.21. The van der Waals surface area contributed by atoms with E-state index in [1.54, 1.807) is 18.2 Å². The van der Waals surface area contributed by atoms with E-state index in [0.717, 1.165) is 29.0 Å². The van der Waals surface area contributed by atoms with Crippen molar-refractivity contribution in [3.05, 3.63) is 76.3 Å². The summed E-state index contributed by atoms with van der Waals surface area (Å²) in [6.45, 7) is 0.678. The van der Waals surface area contributed by atoms with Crippen LogP contribution in [0.15, 0.2) is 60.7 Å². The van der Waals surface area contributed by atoms with Crippen molar-refractivity contribution >= 4 is 28.4 Å². The number of phenolic OH excluding ortho intramolecular Hbond substituents is 1. The number of non-ortho nitro benzene ring substituents is 1. The number of rotatable bonds is 4. The van der Waals surface area contributed by atoms with Crippen molar-refractivity contribution in [1.82, 2.24) is 4.48 Å². The van der Waals surface area contributed by atoms with Gasteiger partial charge in [0, 0.05) is 35.9 Å². The number of carbonyl (C=O) groups excluding carboxylic acids is 1. The molecule has 1 aliphatic heterocycles. The average Bonchev–Trinajstić information content (AvgIpc) is 3.05. The van der Waals surface area contributed by atoms with Crippen molar-refractivity contribution < 1.29 is 14.8 Å². The number of aromatic hydroxyl groups is 1. The molecular weight excluding hydrogens is 356 g/mol. The van der Waals surface area contributed by atoms with Crippen LogP contribution in [-0.4, -0.2) is 29.9 Å². The first-order chi connectivity index (χ1) is 13.4. The van der Waals surface area contributed by atoms with E-state index in [2.05, 4.69) is 0 Å². The van der Waals surface area contributed by atoms with Crippen molar-refractivity contribution in [1.29, 1.82) is 0 Å². The predicted molar refractivity (Wildman–Crippen MR) is 108 cm³/mol. The Morgan fingerprint density at radius 3 is 2.50 bits per heavy atom. The van der Waals surface area contributed by atoms with E-state index in [-0.39, 0.29) is 15.9 Å². The number of nitrogens with zero attached hydrogens (tertiary/aromatic N) is 2.